The van der Waals surface area contributed by atoms with E-state index in [0.717, 1.165) is 24.3 Å². The first-order valence-corrected chi connectivity index (χ1v) is 6.10. The molecule has 0 unspecified atom stereocenters. The predicted molar refractivity (Wildman–Crippen MR) is 61.8 cm³/mol. The van der Waals surface area contributed by atoms with Gasteiger partial charge in [-0.3, -0.25) is 0 Å². The first kappa shape index (κ1) is 9.71. The molecule has 0 atom stereocenters. The molecule has 0 bridgehead atoms. The summed E-state index contributed by atoms with van der Waals surface area (Å²) in [4.78, 5) is 0. The third-order valence-electron chi connectivity index (χ3n) is 2.38. The lowest BCUT2D eigenvalue weighted by Gasteiger charge is -2.23. The maximum atomic E-state index is 5.85. The van der Waals surface area contributed by atoms with Gasteiger partial charge in [-0.25, -0.2) is 0 Å². The maximum absolute atomic E-state index is 5.85. The van der Waals surface area contributed by atoms with Crippen LogP contribution >= 0.6 is 11.8 Å². The number of anilines is 1. The zero-order chi connectivity index (χ0) is 9.80. The van der Waals surface area contributed by atoms with Crippen molar-refractivity contribution < 1.29 is 4.74 Å². The number of benzene rings is 1. The zero-order valence-electron chi connectivity index (χ0n) is 8.11. The van der Waals surface area contributed by atoms with Crippen LogP contribution in [0.4, 0.5) is 5.69 Å². The normalized spacial score (nSPS) is 18.0. The Balaban J connectivity index is 1.99. The van der Waals surface area contributed by atoms with Gasteiger partial charge in [0.1, 0.15) is 11.9 Å². The summed E-state index contributed by atoms with van der Waals surface area (Å²) in [5.41, 5.74) is 6.55. The highest BCUT2D eigenvalue weighted by molar-refractivity contribution is 7.99. The second-order valence-corrected chi connectivity index (χ2v) is 4.69. The summed E-state index contributed by atoms with van der Waals surface area (Å²) < 4.78 is 5.85. The van der Waals surface area contributed by atoms with Gasteiger partial charge in [0.2, 0.25) is 0 Å². The average Bonchev–Trinajstić information content (AvgIpc) is 2.23. The quantitative estimate of drug-likeness (QED) is 0.760. The summed E-state index contributed by atoms with van der Waals surface area (Å²) in [6, 6.07) is 7.71. The number of ether oxygens (including phenoxy) is 1. The van der Waals surface area contributed by atoms with E-state index in [0.29, 0.717) is 6.10 Å². The molecule has 0 amide bonds. The molecule has 3 heteroatoms. The molecule has 2 rings (SSSR count). The van der Waals surface area contributed by atoms with Gasteiger partial charge in [0.05, 0.1) is 5.69 Å². The monoisotopic (exact) mass is 209 g/mol. The highest BCUT2D eigenvalue weighted by Crippen LogP contribution is 2.26. The molecule has 2 N–H and O–H groups in total. The Labute approximate surface area is 88.8 Å². The van der Waals surface area contributed by atoms with Gasteiger partial charge in [-0.15, -0.1) is 0 Å². The van der Waals surface area contributed by atoms with Crippen LogP contribution in [0.3, 0.4) is 0 Å². The number of nitrogens with two attached hydrogens (primary N) is 1. The molecular weight excluding hydrogens is 194 g/mol. The molecule has 1 saturated heterocycles. The van der Waals surface area contributed by atoms with Crippen LogP contribution < -0.4 is 10.5 Å². The molecule has 1 heterocycles. The first-order chi connectivity index (χ1) is 6.86. The van der Waals surface area contributed by atoms with Crippen LogP contribution in [-0.2, 0) is 0 Å². The van der Waals surface area contributed by atoms with Gasteiger partial charge in [-0.2, -0.15) is 11.8 Å². The molecular formula is C11H15NOS. The predicted octanol–water partition coefficient (Wildman–Crippen LogP) is 2.54. The van der Waals surface area contributed by atoms with E-state index in [4.69, 9.17) is 10.5 Å². The van der Waals surface area contributed by atoms with Crippen molar-refractivity contribution in [1.29, 1.82) is 0 Å². The van der Waals surface area contributed by atoms with Gasteiger partial charge in [0.15, 0.2) is 0 Å². The van der Waals surface area contributed by atoms with E-state index >= 15 is 0 Å². The maximum Gasteiger partial charge on any atom is 0.142 e. The van der Waals surface area contributed by atoms with Crippen LogP contribution in [0, 0.1) is 0 Å². The van der Waals surface area contributed by atoms with Crippen molar-refractivity contribution in [2.75, 3.05) is 17.2 Å². The van der Waals surface area contributed by atoms with E-state index in [1.54, 1.807) is 0 Å². The van der Waals surface area contributed by atoms with Gasteiger partial charge in [-0.05, 0) is 36.5 Å². The zero-order valence-corrected chi connectivity index (χ0v) is 8.93. The summed E-state index contributed by atoms with van der Waals surface area (Å²) in [6.45, 7) is 0. The molecule has 0 spiro atoms. The number of para-hydroxylation sites is 2. The standard InChI is InChI=1S/C11H15NOS/c12-10-3-1-2-4-11(10)13-9-5-7-14-8-6-9/h1-4,9H,5-8,12H2. The number of hydrogen-bond acceptors (Lipinski definition) is 3. The molecule has 0 radical (unpaired) electrons. The fourth-order valence-corrected chi connectivity index (χ4v) is 2.62. The minimum Gasteiger partial charge on any atom is -0.488 e. The van der Waals surface area contributed by atoms with Crippen molar-refractivity contribution in [3.05, 3.63) is 24.3 Å². The molecule has 0 aromatic heterocycles. The summed E-state index contributed by atoms with van der Waals surface area (Å²) in [6.07, 6.45) is 2.64. The molecule has 1 aliphatic heterocycles. The molecule has 1 aromatic rings. The van der Waals surface area contributed by atoms with E-state index in [-0.39, 0.29) is 0 Å². The Bertz CT molecular complexity index is 297. The molecule has 0 aliphatic carbocycles. The Hall–Kier alpha value is -0.830. The number of nitrogen functional groups attached to an aromatic ring is 1. The Morgan fingerprint density at radius 2 is 1.93 bits per heavy atom. The van der Waals surface area contributed by atoms with E-state index in [1.807, 2.05) is 36.0 Å². The van der Waals surface area contributed by atoms with Crippen molar-refractivity contribution in [3.8, 4) is 5.75 Å². The SMILES string of the molecule is Nc1ccccc1OC1CCSCC1. The lowest BCUT2D eigenvalue weighted by atomic mass is 10.2. The molecule has 0 saturated carbocycles. The fraction of sp³-hybridized carbons (Fsp3) is 0.455. The van der Waals surface area contributed by atoms with E-state index in [1.165, 1.54) is 11.5 Å². The van der Waals surface area contributed by atoms with Crippen LogP contribution in [0.1, 0.15) is 12.8 Å². The third-order valence-corrected chi connectivity index (χ3v) is 3.43. The van der Waals surface area contributed by atoms with Crippen LogP contribution in [0.5, 0.6) is 5.75 Å². The van der Waals surface area contributed by atoms with Crippen LogP contribution in [0.15, 0.2) is 24.3 Å². The lowest BCUT2D eigenvalue weighted by molar-refractivity contribution is 0.193. The molecule has 76 valence electrons. The van der Waals surface area contributed by atoms with Crippen LogP contribution in [-0.4, -0.2) is 17.6 Å². The van der Waals surface area contributed by atoms with E-state index in [2.05, 4.69) is 0 Å². The summed E-state index contributed by atoms with van der Waals surface area (Å²) in [5, 5.41) is 0. The highest BCUT2D eigenvalue weighted by atomic mass is 32.2. The fourth-order valence-electron chi connectivity index (χ4n) is 1.56. The van der Waals surface area contributed by atoms with Gasteiger partial charge >= 0.3 is 0 Å². The van der Waals surface area contributed by atoms with Gasteiger partial charge in [0.25, 0.3) is 0 Å². The number of hydrogen-bond donors (Lipinski definition) is 1. The summed E-state index contributed by atoms with van der Waals surface area (Å²) in [7, 11) is 0. The number of rotatable bonds is 2. The largest absolute Gasteiger partial charge is 0.488 e. The Morgan fingerprint density at radius 3 is 2.64 bits per heavy atom. The Morgan fingerprint density at radius 1 is 1.21 bits per heavy atom. The minimum atomic E-state index is 0.362. The van der Waals surface area contributed by atoms with Gasteiger partial charge in [-0.1, -0.05) is 12.1 Å². The third kappa shape index (κ3) is 2.35. The average molecular weight is 209 g/mol. The summed E-state index contributed by atoms with van der Waals surface area (Å²) in [5.74, 6) is 3.25. The molecule has 1 aliphatic rings. The summed E-state index contributed by atoms with van der Waals surface area (Å²) >= 11 is 2.00. The molecule has 14 heavy (non-hydrogen) atoms. The van der Waals surface area contributed by atoms with Crippen molar-refractivity contribution in [3.63, 3.8) is 0 Å². The van der Waals surface area contributed by atoms with E-state index in [9.17, 15) is 0 Å². The highest BCUT2D eigenvalue weighted by Gasteiger charge is 2.15. The molecule has 1 fully saturated rings. The van der Waals surface area contributed by atoms with E-state index < -0.39 is 0 Å². The molecule has 1 aromatic carbocycles. The topological polar surface area (TPSA) is 35.2 Å². The second-order valence-electron chi connectivity index (χ2n) is 3.47. The lowest BCUT2D eigenvalue weighted by Crippen LogP contribution is -2.22. The van der Waals surface area contributed by atoms with Gasteiger partial charge in [0, 0.05) is 0 Å². The molecule has 2 nitrogen and oxygen atoms in total. The van der Waals surface area contributed by atoms with Crippen LogP contribution in [0.25, 0.3) is 0 Å². The van der Waals surface area contributed by atoms with Crippen molar-refractivity contribution in [1.82, 2.24) is 0 Å². The first-order valence-electron chi connectivity index (χ1n) is 4.95. The van der Waals surface area contributed by atoms with Crippen molar-refractivity contribution >= 4 is 17.4 Å². The Kier molecular flexibility index (Phi) is 3.19. The van der Waals surface area contributed by atoms with Crippen molar-refractivity contribution in [2.24, 2.45) is 0 Å². The van der Waals surface area contributed by atoms with Crippen molar-refractivity contribution in [2.45, 2.75) is 18.9 Å². The number of thioether (sulfide) groups is 1. The second kappa shape index (κ2) is 4.60. The van der Waals surface area contributed by atoms with Crippen LogP contribution in [0.2, 0.25) is 0 Å². The van der Waals surface area contributed by atoms with Gasteiger partial charge < -0.3 is 10.5 Å². The smallest absolute Gasteiger partial charge is 0.142 e. The minimum absolute atomic E-state index is 0.362.